The van der Waals surface area contributed by atoms with Crippen molar-refractivity contribution in [2.45, 2.75) is 6.42 Å². The van der Waals surface area contributed by atoms with Crippen LogP contribution in [0.1, 0.15) is 11.1 Å². The molecule has 0 aliphatic rings. The molecule has 22 heavy (non-hydrogen) atoms. The number of ether oxygens (including phenoxy) is 1. The standard InChI is InChI=1S/C17H19N3OS/c1-18-17(22)20-19-13-15-7-9-16(10-8-15)21-12-11-14-5-3-2-4-6-14/h2-10,13H,11-12H2,1H3,(H2,18,20,22). The lowest BCUT2D eigenvalue weighted by molar-refractivity contribution is 0.322. The van der Waals surface area contributed by atoms with Crippen LogP contribution in [0.25, 0.3) is 0 Å². The van der Waals surface area contributed by atoms with Gasteiger partial charge in [-0.1, -0.05) is 30.3 Å². The quantitative estimate of drug-likeness (QED) is 0.489. The second-order valence-electron chi connectivity index (χ2n) is 4.60. The lowest BCUT2D eigenvalue weighted by Gasteiger charge is -2.06. The van der Waals surface area contributed by atoms with Gasteiger partial charge in [-0.25, -0.2) is 0 Å². The molecule has 2 rings (SSSR count). The third kappa shape index (κ3) is 5.54. The van der Waals surface area contributed by atoms with E-state index in [0.717, 1.165) is 17.7 Å². The Balaban J connectivity index is 1.78. The molecule has 0 saturated heterocycles. The summed E-state index contributed by atoms with van der Waals surface area (Å²) in [5.41, 5.74) is 4.96. The smallest absolute Gasteiger partial charge is 0.186 e. The van der Waals surface area contributed by atoms with E-state index in [1.54, 1.807) is 13.3 Å². The van der Waals surface area contributed by atoms with Crippen molar-refractivity contribution in [2.24, 2.45) is 5.10 Å². The Labute approximate surface area is 136 Å². The molecule has 0 heterocycles. The SMILES string of the molecule is CNC(=S)NN=Cc1ccc(OCCc2ccccc2)cc1. The average molecular weight is 313 g/mol. The van der Waals surface area contributed by atoms with Gasteiger partial charge in [0.25, 0.3) is 0 Å². The minimum Gasteiger partial charge on any atom is -0.493 e. The lowest BCUT2D eigenvalue weighted by atomic mass is 10.2. The van der Waals surface area contributed by atoms with Crippen LogP contribution in [0.2, 0.25) is 0 Å². The molecule has 114 valence electrons. The van der Waals surface area contributed by atoms with Gasteiger partial charge < -0.3 is 10.1 Å². The second-order valence-corrected chi connectivity index (χ2v) is 5.01. The summed E-state index contributed by atoms with van der Waals surface area (Å²) in [6.45, 7) is 0.662. The summed E-state index contributed by atoms with van der Waals surface area (Å²) in [4.78, 5) is 0. The molecule has 0 aliphatic carbocycles. The first kappa shape index (κ1) is 16.0. The van der Waals surface area contributed by atoms with Crippen molar-refractivity contribution in [3.05, 3.63) is 65.7 Å². The molecule has 4 nitrogen and oxygen atoms in total. The Bertz CT molecular complexity index is 612. The molecule has 0 unspecified atom stereocenters. The van der Waals surface area contributed by atoms with Gasteiger partial charge in [-0.05, 0) is 47.6 Å². The number of thiocarbonyl (C=S) groups is 1. The Kier molecular flexibility index (Phi) is 6.39. The molecule has 0 amide bonds. The molecular weight excluding hydrogens is 294 g/mol. The molecule has 0 aliphatic heterocycles. The molecule has 0 bridgehead atoms. The highest BCUT2D eigenvalue weighted by Gasteiger charge is 1.96. The van der Waals surface area contributed by atoms with Crippen molar-refractivity contribution in [2.75, 3.05) is 13.7 Å². The van der Waals surface area contributed by atoms with Crippen LogP contribution in [0.5, 0.6) is 5.75 Å². The van der Waals surface area contributed by atoms with E-state index < -0.39 is 0 Å². The fourth-order valence-corrected chi connectivity index (χ4v) is 1.86. The summed E-state index contributed by atoms with van der Waals surface area (Å²) in [6, 6.07) is 18.1. The van der Waals surface area contributed by atoms with Crippen molar-refractivity contribution in [3.63, 3.8) is 0 Å². The summed E-state index contributed by atoms with van der Waals surface area (Å²) in [7, 11) is 1.74. The van der Waals surface area contributed by atoms with Gasteiger partial charge in [0.15, 0.2) is 5.11 Å². The van der Waals surface area contributed by atoms with Gasteiger partial charge in [0.05, 0.1) is 12.8 Å². The summed E-state index contributed by atoms with van der Waals surface area (Å²) in [5, 5.41) is 7.29. The highest BCUT2D eigenvalue weighted by molar-refractivity contribution is 7.80. The Morgan fingerprint density at radius 3 is 2.55 bits per heavy atom. The molecule has 5 heteroatoms. The number of benzene rings is 2. The molecular formula is C17H19N3OS. The van der Waals surface area contributed by atoms with Gasteiger partial charge in [-0.2, -0.15) is 5.10 Å². The van der Waals surface area contributed by atoms with E-state index in [1.807, 2.05) is 42.5 Å². The minimum absolute atomic E-state index is 0.483. The summed E-state index contributed by atoms with van der Waals surface area (Å²) >= 11 is 4.92. The zero-order chi connectivity index (χ0) is 15.6. The molecule has 0 aromatic heterocycles. The van der Waals surface area contributed by atoms with E-state index in [4.69, 9.17) is 17.0 Å². The first-order chi connectivity index (χ1) is 10.8. The van der Waals surface area contributed by atoms with Gasteiger partial charge in [0.2, 0.25) is 0 Å². The van der Waals surface area contributed by atoms with Crippen LogP contribution in [0.3, 0.4) is 0 Å². The normalized spacial score (nSPS) is 10.4. The molecule has 0 spiro atoms. The molecule has 2 aromatic carbocycles. The van der Waals surface area contributed by atoms with E-state index in [1.165, 1.54) is 5.56 Å². The van der Waals surface area contributed by atoms with Gasteiger partial charge in [0, 0.05) is 13.5 Å². The molecule has 2 aromatic rings. The third-order valence-corrected chi connectivity index (χ3v) is 3.28. The van der Waals surface area contributed by atoms with Crippen molar-refractivity contribution < 1.29 is 4.74 Å². The van der Waals surface area contributed by atoms with Gasteiger partial charge in [-0.15, -0.1) is 0 Å². The Hall–Kier alpha value is -2.40. The number of hydrogen-bond acceptors (Lipinski definition) is 3. The molecule has 2 N–H and O–H groups in total. The van der Waals surface area contributed by atoms with E-state index in [-0.39, 0.29) is 0 Å². The number of nitrogens with zero attached hydrogens (tertiary/aromatic N) is 1. The van der Waals surface area contributed by atoms with Crippen molar-refractivity contribution >= 4 is 23.5 Å². The van der Waals surface area contributed by atoms with Crippen LogP contribution in [0, 0.1) is 0 Å². The van der Waals surface area contributed by atoms with Crippen molar-refractivity contribution in [3.8, 4) is 5.75 Å². The maximum atomic E-state index is 5.73. The fourth-order valence-electron chi connectivity index (χ4n) is 1.80. The van der Waals surface area contributed by atoms with Crippen molar-refractivity contribution in [1.29, 1.82) is 0 Å². The number of nitrogens with one attached hydrogen (secondary N) is 2. The second kappa shape index (κ2) is 8.79. The summed E-state index contributed by atoms with van der Waals surface area (Å²) in [6.07, 6.45) is 2.60. The summed E-state index contributed by atoms with van der Waals surface area (Å²) < 4.78 is 5.73. The maximum Gasteiger partial charge on any atom is 0.186 e. The van der Waals surface area contributed by atoms with Crippen LogP contribution in [-0.4, -0.2) is 25.0 Å². The number of hydrogen-bond donors (Lipinski definition) is 2. The predicted octanol–water partition coefficient (Wildman–Crippen LogP) is 2.74. The van der Waals surface area contributed by atoms with E-state index in [2.05, 4.69) is 28.0 Å². The fraction of sp³-hybridized carbons (Fsp3) is 0.176. The Morgan fingerprint density at radius 2 is 1.86 bits per heavy atom. The summed E-state index contributed by atoms with van der Waals surface area (Å²) in [5.74, 6) is 0.854. The Morgan fingerprint density at radius 1 is 1.14 bits per heavy atom. The highest BCUT2D eigenvalue weighted by atomic mass is 32.1. The van der Waals surface area contributed by atoms with Crippen molar-refractivity contribution in [1.82, 2.24) is 10.7 Å². The van der Waals surface area contributed by atoms with E-state index in [0.29, 0.717) is 11.7 Å². The van der Waals surface area contributed by atoms with E-state index in [9.17, 15) is 0 Å². The van der Waals surface area contributed by atoms with Crippen LogP contribution in [-0.2, 0) is 6.42 Å². The molecule has 0 radical (unpaired) electrons. The minimum atomic E-state index is 0.483. The molecule has 0 saturated carbocycles. The maximum absolute atomic E-state index is 5.73. The van der Waals surface area contributed by atoms with E-state index >= 15 is 0 Å². The third-order valence-electron chi connectivity index (χ3n) is 2.99. The van der Waals surface area contributed by atoms with Gasteiger partial charge in [0.1, 0.15) is 5.75 Å². The molecule has 0 fully saturated rings. The lowest BCUT2D eigenvalue weighted by Crippen LogP contribution is -2.28. The largest absolute Gasteiger partial charge is 0.493 e. The highest BCUT2D eigenvalue weighted by Crippen LogP contribution is 2.11. The topological polar surface area (TPSA) is 45.7 Å². The first-order valence-electron chi connectivity index (χ1n) is 7.05. The van der Waals surface area contributed by atoms with Crippen LogP contribution >= 0.6 is 12.2 Å². The first-order valence-corrected chi connectivity index (χ1v) is 7.46. The zero-order valence-corrected chi connectivity index (χ0v) is 13.3. The number of rotatable bonds is 6. The van der Waals surface area contributed by atoms with Crippen LogP contribution < -0.4 is 15.5 Å². The number of hydrazone groups is 1. The molecule has 0 atom stereocenters. The zero-order valence-electron chi connectivity index (χ0n) is 12.5. The average Bonchev–Trinajstić information content (AvgIpc) is 2.57. The monoisotopic (exact) mass is 313 g/mol. The predicted molar refractivity (Wildman–Crippen MR) is 94.5 cm³/mol. The van der Waals surface area contributed by atoms with Crippen LogP contribution in [0.4, 0.5) is 0 Å². The van der Waals surface area contributed by atoms with Crippen LogP contribution in [0.15, 0.2) is 59.7 Å². The van der Waals surface area contributed by atoms with Gasteiger partial charge >= 0.3 is 0 Å². The van der Waals surface area contributed by atoms with Gasteiger partial charge in [-0.3, -0.25) is 5.43 Å².